The Balaban J connectivity index is 2.41. The lowest BCUT2D eigenvalue weighted by Crippen LogP contribution is -2.08. The van der Waals surface area contributed by atoms with Crippen molar-refractivity contribution in [1.29, 1.82) is 0 Å². The SMILES string of the molecule is COc1cc(CO)cc(OC)c1C1CCCCC1. The Hall–Kier alpha value is -1.22. The summed E-state index contributed by atoms with van der Waals surface area (Å²) in [5.74, 6) is 2.23. The molecule has 0 bridgehead atoms. The molecule has 1 aromatic rings. The molecule has 1 aromatic carbocycles. The summed E-state index contributed by atoms with van der Waals surface area (Å²) < 4.78 is 11.0. The fourth-order valence-corrected chi connectivity index (χ4v) is 2.88. The normalized spacial score (nSPS) is 16.6. The molecule has 0 aromatic heterocycles. The third kappa shape index (κ3) is 2.61. The van der Waals surface area contributed by atoms with E-state index in [-0.39, 0.29) is 6.61 Å². The van der Waals surface area contributed by atoms with Crippen LogP contribution >= 0.6 is 0 Å². The minimum absolute atomic E-state index is 0.0116. The summed E-state index contributed by atoms with van der Waals surface area (Å²) in [4.78, 5) is 0. The Labute approximate surface area is 109 Å². The van der Waals surface area contributed by atoms with Gasteiger partial charge >= 0.3 is 0 Å². The van der Waals surface area contributed by atoms with Gasteiger partial charge in [0.25, 0.3) is 0 Å². The molecule has 18 heavy (non-hydrogen) atoms. The third-order valence-electron chi connectivity index (χ3n) is 3.80. The Morgan fingerprint density at radius 3 is 2.06 bits per heavy atom. The van der Waals surface area contributed by atoms with E-state index in [4.69, 9.17) is 9.47 Å². The fraction of sp³-hybridized carbons (Fsp3) is 0.600. The van der Waals surface area contributed by atoms with E-state index < -0.39 is 0 Å². The van der Waals surface area contributed by atoms with E-state index in [9.17, 15) is 5.11 Å². The minimum Gasteiger partial charge on any atom is -0.496 e. The topological polar surface area (TPSA) is 38.7 Å². The monoisotopic (exact) mass is 250 g/mol. The smallest absolute Gasteiger partial charge is 0.126 e. The predicted octanol–water partition coefficient (Wildman–Crippen LogP) is 3.24. The molecule has 0 aliphatic heterocycles. The lowest BCUT2D eigenvalue weighted by Gasteiger charge is -2.26. The Morgan fingerprint density at radius 1 is 1.06 bits per heavy atom. The van der Waals surface area contributed by atoms with Gasteiger partial charge in [0, 0.05) is 5.56 Å². The van der Waals surface area contributed by atoms with Crippen molar-refractivity contribution in [2.45, 2.75) is 44.6 Å². The second-order valence-electron chi connectivity index (χ2n) is 4.91. The first-order chi connectivity index (χ1) is 8.80. The van der Waals surface area contributed by atoms with Crippen LogP contribution in [-0.2, 0) is 6.61 Å². The van der Waals surface area contributed by atoms with E-state index in [1.807, 2.05) is 12.1 Å². The van der Waals surface area contributed by atoms with E-state index in [0.29, 0.717) is 5.92 Å². The summed E-state index contributed by atoms with van der Waals surface area (Å²) in [7, 11) is 3.37. The van der Waals surface area contributed by atoms with Crippen molar-refractivity contribution < 1.29 is 14.6 Å². The molecule has 0 atom stereocenters. The quantitative estimate of drug-likeness (QED) is 0.891. The van der Waals surface area contributed by atoms with Crippen LogP contribution in [0.2, 0.25) is 0 Å². The van der Waals surface area contributed by atoms with Crippen molar-refractivity contribution in [3.63, 3.8) is 0 Å². The summed E-state index contributed by atoms with van der Waals surface area (Å²) in [6.07, 6.45) is 6.28. The highest BCUT2D eigenvalue weighted by Crippen LogP contribution is 2.43. The lowest BCUT2D eigenvalue weighted by molar-refractivity contribution is 0.279. The highest BCUT2D eigenvalue weighted by molar-refractivity contribution is 5.50. The number of methoxy groups -OCH3 is 2. The average molecular weight is 250 g/mol. The van der Waals surface area contributed by atoms with Crippen LogP contribution in [0.1, 0.15) is 49.1 Å². The van der Waals surface area contributed by atoms with E-state index in [0.717, 1.165) is 17.1 Å². The first-order valence-corrected chi connectivity index (χ1v) is 6.65. The number of hydrogen-bond donors (Lipinski definition) is 1. The van der Waals surface area contributed by atoms with Crippen molar-refractivity contribution in [1.82, 2.24) is 0 Å². The summed E-state index contributed by atoms with van der Waals surface area (Å²) in [5.41, 5.74) is 2.01. The van der Waals surface area contributed by atoms with Crippen molar-refractivity contribution in [2.75, 3.05) is 14.2 Å². The highest BCUT2D eigenvalue weighted by Gasteiger charge is 2.23. The lowest BCUT2D eigenvalue weighted by atomic mass is 9.83. The van der Waals surface area contributed by atoms with Crippen molar-refractivity contribution >= 4 is 0 Å². The van der Waals surface area contributed by atoms with Gasteiger partial charge in [-0.3, -0.25) is 0 Å². The van der Waals surface area contributed by atoms with Gasteiger partial charge in [0.15, 0.2) is 0 Å². The van der Waals surface area contributed by atoms with Crippen molar-refractivity contribution in [3.8, 4) is 11.5 Å². The van der Waals surface area contributed by atoms with Crippen LogP contribution in [0, 0.1) is 0 Å². The molecule has 0 unspecified atom stereocenters. The second kappa shape index (κ2) is 6.10. The van der Waals surface area contributed by atoms with Crippen molar-refractivity contribution in [3.05, 3.63) is 23.3 Å². The molecular formula is C15H22O3. The molecule has 0 spiro atoms. The molecule has 0 saturated heterocycles. The van der Waals surface area contributed by atoms with E-state index in [1.165, 1.54) is 37.7 Å². The number of aliphatic hydroxyl groups excluding tert-OH is 1. The molecule has 0 radical (unpaired) electrons. The van der Waals surface area contributed by atoms with Gasteiger partial charge in [-0.15, -0.1) is 0 Å². The van der Waals surface area contributed by atoms with Crippen LogP contribution in [0.3, 0.4) is 0 Å². The molecule has 1 saturated carbocycles. The number of benzene rings is 1. The summed E-state index contributed by atoms with van der Waals surface area (Å²) >= 11 is 0. The zero-order chi connectivity index (χ0) is 13.0. The maximum absolute atomic E-state index is 9.27. The number of aliphatic hydroxyl groups is 1. The molecule has 2 rings (SSSR count). The van der Waals surface area contributed by atoms with Gasteiger partial charge in [0.1, 0.15) is 11.5 Å². The van der Waals surface area contributed by atoms with E-state index in [1.54, 1.807) is 14.2 Å². The van der Waals surface area contributed by atoms with Crippen LogP contribution in [0.15, 0.2) is 12.1 Å². The average Bonchev–Trinajstić information content (AvgIpc) is 2.46. The molecule has 3 nitrogen and oxygen atoms in total. The highest BCUT2D eigenvalue weighted by atomic mass is 16.5. The third-order valence-corrected chi connectivity index (χ3v) is 3.80. The Bertz CT molecular complexity index is 370. The van der Waals surface area contributed by atoms with E-state index in [2.05, 4.69) is 0 Å². The maximum Gasteiger partial charge on any atom is 0.126 e. The molecule has 1 N–H and O–H groups in total. The zero-order valence-electron chi connectivity index (χ0n) is 11.2. The van der Waals surface area contributed by atoms with Crippen LogP contribution in [0.4, 0.5) is 0 Å². The Morgan fingerprint density at radius 2 is 1.61 bits per heavy atom. The Kier molecular flexibility index (Phi) is 4.48. The minimum atomic E-state index is 0.0116. The molecule has 3 heteroatoms. The molecule has 1 fully saturated rings. The zero-order valence-corrected chi connectivity index (χ0v) is 11.2. The van der Waals surface area contributed by atoms with Gasteiger partial charge in [-0.2, -0.15) is 0 Å². The van der Waals surface area contributed by atoms with Gasteiger partial charge in [0.2, 0.25) is 0 Å². The van der Waals surface area contributed by atoms with Crippen LogP contribution in [0.25, 0.3) is 0 Å². The largest absolute Gasteiger partial charge is 0.496 e. The molecule has 0 amide bonds. The standard InChI is InChI=1S/C15H22O3/c1-17-13-8-11(10-16)9-14(18-2)15(13)12-6-4-3-5-7-12/h8-9,12,16H,3-7,10H2,1-2H3. The van der Waals surface area contributed by atoms with Crippen molar-refractivity contribution in [2.24, 2.45) is 0 Å². The van der Waals surface area contributed by atoms with Gasteiger partial charge in [0.05, 0.1) is 20.8 Å². The van der Waals surface area contributed by atoms with Crippen LogP contribution in [-0.4, -0.2) is 19.3 Å². The molecule has 100 valence electrons. The first kappa shape index (κ1) is 13.2. The number of hydrogen-bond acceptors (Lipinski definition) is 3. The second-order valence-corrected chi connectivity index (χ2v) is 4.91. The maximum atomic E-state index is 9.27. The van der Waals surface area contributed by atoms with Gasteiger partial charge in [-0.05, 0) is 36.5 Å². The summed E-state index contributed by atoms with van der Waals surface area (Å²) in [5, 5.41) is 9.27. The molecule has 0 heterocycles. The van der Waals surface area contributed by atoms with Gasteiger partial charge in [-0.25, -0.2) is 0 Å². The van der Waals surface area contributed by atoms with E-state index >= 15 is 0 Å². The number of rotatable bonds is 4. The molecule has 1 aliphatic rings. The number of ether oxygens (including phenoxy) is 2. The summed E-state index contributed by atoms with van der Waals surface area (Å²) in [6, 6.07) is 3.85. The summed E-state index contributed by atoms with van der Waals surface area (Å²) in [6.45, 7) is 0.0116. The fourth-order valence-electron chi connectivity index (χ4n) is 2.88. The first-order valence-electron chi connectivity index (χ1n) is 6.65. The molecule has 1 aliphatic carbocycles. The molecular weight excluding hydrogens is 228 g/mol. The van der Waals surface area contributed by atoms with Gasteiger partial charge < -0.3 is 14.6 Å². The van der Waals surface area contributed by atoms with Crippen LogP contribution in [0.5, 0.6) is 11.5 Å². The predicted molar refractivity (Wildman–Crippen MR) is 71.3 cm³/mol. The van der Waals surface area contributed by atoms with Crippen LogP contribution < -0.4 is 9.47 Å². The van der Waals surface area contributed by atoms with Gasteiger partial charge in [-0.1, -0.05) is 19.3 Å².